The molecule has 0 unspecified atom stereocenters. The van der Waals surface area contributed by atoms with E-state index in [-0.39, 0.29) is 18.2 Å². The van der Waals surface area contributed by atoms with Crippen molar-refractivity contribution < 1.29 is 14.3 Å². The van der Waals surface area contributed by atoms with E-state index in [9.17, 15) is 9.59 Å². The first-order chi connectivity index (χ1) is 10.2. The minimum Gasteiger partial charge on any atom is -0.466 e. The van der Waals surface area contributed by atoms with Crippen LogP contribution in [-0.4, -0.2) is 18.4 Å². The summed E-state index contributed by atoms with van der Waals surface area (Å²) in [5.41, 5.74) is 2.28. The van der Waals surface area contributed by atoms with Crippen LogP contribution in [0.25, 0.3) is 0 Å². The number of carbonyl (C=O) groups excluding carboxylic acids is 2. The average Bonchev–Trinajstić information content (AvgIpc) is 2.49. The molecular weight excluding hydrogens is 264 g/mol. The fraction of sp³-hybridized carbons (Fsp3) is 0.222. The molecule has 0 bridgehead atoms. The highest BCUT2D eigenvalue weighted by molar-refractivity contribution is 5.99. The van der Waals surface area contributed by atoms with Crippen molar-refractivity contribution in [3.05, 3.63) is 71.3 Å². The molecule has 108 valence electrons. The molecule has 2 aromatic rings. The highest BCUT2D eigenvalue weighted by Gasteiger charge is 2.14. The first-order valence-electron chi connectivity index (χ1n) is 7.01. The van der Waals surface area contributed by atoms with E-state index < -0.39 is 0 Å². The summed E-state index contributed by atoms with van der Waals surface area (Å²) in [5, 5.41) is 0. The van der Waals surface area contributed by atoms with E-state index in [0.717, 1.165) is 11.1 Å². The molecule has 21 heavy (non-hydrogen) atoms. The smallest absolute Gasteiger partial charge is 0.310 e. The second-order valence-electron chi connectivity index (χ2n) is 4.72. The summed E-state index contributed by atoms with van der Waals surface area (Å²) in [4.78, 5) is 24.0. The Morgan fingerprint density at radius 2 is 1.57 bits per heavy atom. The summed E-state index contributed by atoms with van der Waals surface area (Å²) in [6.07, 6.45) is 0.464. The number of rotatable bonds is 6. The van der Waals surface area contributed by atoms with Gasteiger partial charge in [0.15, 0.2) is 5.78 Å². The highest BCUT2D eigenvalue weighted by Crippen LogP contribution is 2.14. The second kappa shape index (κ2) is 7.39. The molecule has 2 aromatic carbocycles. The molecule has 0 heterocycles. The van der Waals surface area contributed by atoms with Crippen molar-refractivity contribution in [2.24, 2.45) is 0 Å². The van der Waals surface area contributed by atoms with Crippen LogP contribution in [0.2, 0.25) is 0 Å². The molecule has 3 heteroatoms. The summed E-state index contributed by atoms with van der Waals surface area (Å²) >= 11 is 0. The van der Waals surface area contributed by atoms with Crippen LogP contribution in [-0.2, 0) is 22.4 Å². The van der Waals surface area contributed by atoms with Gasteiger partial charge in [0.25, 0.3) is 0 Å². The summed E-state index contributed by atoms with van der Waals surface area (Å²) in [5.74, 6) is -0.293. The Bertz CT molecular complexity index is 617. The molecule has 0 aliphatic carbocycles. The van der Waals surface area contributed by atoms with Crippen LogP contribution < -0.4 is 0 Å². The lowest BCUT2D eigenvalue weighted by Crippen LogP contribution is -2.12. The largest absolute Gasteiger partial charge is 0.466 e. The van der Waals surface area contributed by atoms with Crippen molar-refractivity contribution >= 4 is 11.8 Å². The van der Waals surface area contributed by atoms with Crippen LogP contribution in [0, 0.1) is 0 Å². The van der Waals surface area contributed by atoms with Gasteiger partial charge in [-0.25, -0.2) is 0 Å². The number of carbonyl (C=O) groups is 2. The number of esters is 1. The maximum atomic E-state index is 12.4. The lowest BCUT2D eigenvalue weighted by Gasteiger charge is -2.08. The van der Waals surface area contributed by atoms with E-state index in [1.54, 1.807) is 19.1 Å². The number of hydrogen-bond acceptors (Lipinski definition) is 3. The predicted molar refractivity (Wildman–Crippen MR) is 81.3 cm³/mol. The Morgan fingerprint density at radius 3 is 2.29 bits per heavy atom. The molecule has 0 N–H and O–H groups in total. The molecule has 0 atom stereocenters. The molecule has 0 aliphatic heterocycles. The van der Waals surface area contributed by atoms with E-state index in [4.69, 9.17) is 4.74 Å². The van der Waals surface area contributed by atoms with Gasteiger partial charge in [-0.3, -0.25) is 9.59 Å². The molecule has 0 radical (unpaired) electrons. The third kappa shape index (κ3) is 4.28. The van der Waals surface area contributed by atoms with E-state index >= 15 is 0 Å². The molecule has 0 saturated carbocycles. The van der Waals surface area contributed by atoms with Crippen LogP contribution in [0.4, 0.5) is 0 Å². The van der Waals surface area contributed by atoms with Crippen molar-refractivity contribution in [3.8, 4) is 0 Å². The van der Waals surface area contributed by atoms with Crippen molar-refractivity contribution in [2.75, 3.05) is 6.61 Å². The lowest BCUT2D eigenvalue weighted by molar-refractivity contribution is -0.142. The van der Waals surface area contributed by atoms with Gasteiger partial charge in [0, 0.05) is 12.0 Å². The number of Topliss-reactive ketones (excluding diaryl/α,β-unsaturated/α-hetero) is 1. The van der Waals surface area contributed by atoms with Crippen molar-refractivity contribution in [1.29, 1.82) is 0 Å². The zero-order chi connectivity index (χ0) is 15.1. The van der Waals surface area contributed by atoms with Gasteiger partial charge in [-0.05, 0) is 18.1 Å². The fourth-order valence-corrected chi connectivity index (χ4v) is 2.19. The standard InChI is InChI=1S/C18H18O3/c1-2-21-18(20)13-15-10-6-7-11-16(15)17(19)12-14-8-4-3-5-9-14/h3-11H,2,12-13H2,1H3. The fourth-order valence-electron chi connectivity index (χ4n) is 2.19. The van der Waals surface area contributed by atoms with Gasteiger partial charge in [-0.15, -0.1) is 0 Å². The first kappa shape index (κ1) is 15.0. The summed E-state index contributed by atoms with van der Waals surface area (Å²) < 4.78 is 4.95. The lowest BCUT2D eigenvalue weighted by atomic mass is 9.97. The number of benzene rings is 2. The van der Waals surface area contributed by atoms with Gasteiger partial charge < -0.3 is 4.74 Å². The Balaban J connectivity index is 2.15. The SMILES string of the molecule is CCOC(=O)Cc1ccccc1C(=O)Cc1ccccc1. The van der Waals surface area contributed by atoms with Gasteiger partial charge in [0.2, 0.25) is 0 Å². The minimum absolute atomic E-state index is 0.0149. The third-order valence-corrected chi connectivity index (χ3v) is 3.17. The van der Waals surface area contributed by atoms with Crippen LogP contribution in [0.5, 0.6) is 0 Å². The Labute approximate surface area is 124 Å². The highest BCUT2D eigenvalue weighted by atomic mass is 16.5. The molecule has 3 nitrogen and oxygen atoms in total. The maximum Gasteiger partial charge on any atom is 0.310 e. The Morgan fingerprint density at radius 1 is 0.905 bits per heavy atom. The topological polar surface area (TPSA) is 43.4 Å². The molecule has 0 spiro atoms. The molecule has 0 fully saturated rings. The van der Waals surface area contributed by atoms with Gasteiger partial charge in [0.05, 0.1) is 13.0 Å². The number of ketones is 1. The van der Waals surface area contributed by atoms with E-state index in [1.165, 1.54) is 0 Å². The normalized spacial score (nSPS) is 10.1. The summed E-state index contributed by atoms with van der Waals surface area (Å²) in [6, 6.07) is 16.8. The minimum atomic E-state index is -0.308. The van der Waals surface area contributed by atoms with E-state index in [0.29, 0.717) is 18.6 Å². The van der Waals surface area contributed by atoms with E-state index in [1.807, 2.05) is 42.5 Å². The third-order valence-electron chi connectivity index (χ3n) is 3.17. The van der Waals surface area contributed by atoms with Gasteiger partial charge in [-0.2, -0.15) is 0 Å². The molecule has 0 aromatic heterocycles. The van der Waals surface area contributed by atoms with Crippen molar-refractivity contribution in [2.45, 2.75) is 19.8 Å². The first-order valence-corrected chi connectivity index (χ1v) is 7.01. The number of ether oxygens (including phenoxy) is 1. The Kier molecular flexibility index (Phi) is 5.27. The van der Waals surface area contributed by atoms with Gasteiger partial charge in [0.1, 0.15) is 0 Å². The van der Waals surface area contributed by atoms with Crippen LogP contribution in [0.3, 0.4) is 0 Å². The maximum absolute atomic E-state index is 12.4. The number of hydrogen-bond donors (Lipinski definition) is 0. The predicted octanol–water partition coefficient (Wildman–Crippen LogP) is 3.22. The zero-order valence-electron chi connectivity index (χ0n) is 12.0. The quantitative estimate of drug-likeness (QED) is 0.603. The monoisotopic (exact) mass is 282 g/mol. The van der Waals surface area contributed by atoms with Crippen LogP contribution in [0.15, 0.2) is 54.6 Å². The second-order valence-corrected chi connectivity index (χ2v) is 4.72. The van der Waals surface area contributed by atoms with Gasteiger partial charge in [-0.1, -0.05) is 54.6 Å². The molecule has 0 saturated heterocycles. The molecule has 2 rings (SSSR count). The van der Waals surface area contributed by atoms with Crippen molar-refractivity contribution in [3.63, 3.8) is 0 Å². The molecule has 0 aliphatic rings. The molecular formula is C18H18O3. The summed E-state index contributed by atoms with van der Waals surface area (Å²) in [6.45, 7) is 2.11. The zero-order valence-corrected chi connectivity index (χ0v) is 12.0. The van der Waals surface area contributed by atoms with Crippen molar-refractivity contribution in [1.82, 2.24) is 0 Å². The van der Waals surface area contributed by atoms with E-state index in [2.05, 4.69) is 0 Å². The van der Waals surface area contributed by atoms with Crippen LogP contribution >= 0.6 is 0 Å². The average molecular weight is 282 g/mol. The van der Waals surface area contributed by atoms with Crippen LogP contribution in [0.1, 0.15) is 28.4 Å². The summed E-state index contributed by atoms with van der Waals surface area (Å²) in [7, 11) is 0. The Hall–Kier alpha value is -2.42. The molecule has 0 amide bonds. The van der Waals surface area contributed by atoms with Gasteiger partial charge >= 0.3 is 5.97 Å².